The van der Waals surface area contributed by atoms with Gasteiger partial charge in [-0.2, -0.15) is 0 Å². The molecule has 5 heteroatoms. The van der Waals surface area contributed by atoms with Gasteiger partial charge in [-0.3, -0.25) is 4.90 Å². The number of aromatic carboxylic acids is 1. The molecule has 2 rings (SSSR count). The number of rotatable bonds is 3. The lowest BCUT2D eigenvalue weighted by Crippen LogP contribution is -2.30. The van der Waals surface area contributed by atoms with Crippen LogP contribution >= 0.6 is 0 Å². The minimum Gasteiger partial charge on any atom is -0.475 e. The fourth-order valence-electron chi connectivity index (χ4n) is 2.21. The highest BCUT2D eigenvalue weighted by Crippen LogP contribution is 2.32. The molecule has 5 nitrogen and oxygen atoms in total. The van der Waals surface area contributed by atoms with E-state index in [1.54, 1.807) is 0 Å². The Labute approximate surface area is 94.1 Å². The van der Waals surface area contributed by atoms with Crippen molar-refractivity contribution < 1.29 is 14.3 Å². The molecule has 1 aliphatic rings. The van der Waals surface area contributed by atoms with Gasteiger partial charge in [0.05, 0.1) is 12.2 Å². The van der Waals surface area contributed by atoms with Crippen LogP contribution in [-0.2, 0) is 0 Å². The maximum atomic E-state index is 10.7. The first-order valence-corrected chi connectivity index (χ1v) is 5.54. The second kappa shape index (κ2) is 4.25. The summed E-state index contributed by atoms with van der Waals surface area (Å²) < 4.78 is 5.26. The van der Waals surface area contributed by atoms with Gasteiger partial charge in [-0.25, -0.2) is 9.78 Å². The first kappa shape index (κ1) is 11.1. The molecule has 0 radical (unpaired) electrons. The summed E-state index contributed by atoms with van der Waals surface area (Å²) in [6.07, 6.45) is 3.37. The largest absolute Gasteiger partial charge is 0.475 e. The van der Waals surface area contributed by atoms with Crippen molar-refractivity contribution in [2.75, 3.05) is 6.54 Å². The Morgan fingerprint density at radius 2 is 2.44 bits per heavy atom. The van der Waals surface area contributed by atoms with Crippen molar-refractivity contribution in [3.05, 3.63) is 17.8 Å². The van der Waals surface area contributed by atoms with Crippen LogP contribution in [0.15, 0.2) is 10.6 Å². The molecule has 1 aromatic heterocycles. The molecule has 16 heavy (non-hydrogen) atoms. The molecule has 1 N–H and O–H groups in total. The molecular formula is C11H16N2O3. The van der Waals surface area contributed by atoms with Crippen LogP contribution in [0, 0.1) is 0 Å². The first-order chi connectivity index (χ1) is 7.59. The average molecular weight is 224 g/mol. The molecule has 88 valence electrons. The topological polar surface area (TPSA) is 66.6 Å². The molecular weight excluding hydrogens is 208 g/mol. The number of carboxylic acid groups (broad SMARTS) is 1. The van der Waals surface area contributed by atoms with Crippen LogP contribution in [0.25, 0.3) is 0 Å². The van der Waals surface area contributed by atoms with Gasteiger partial charge in [-0.05, 0) is 33.2 Å². The van der Waals surface area contributed by atoms with Crippen LogP contribution < -0.4 is 0 Å². The van der Waals surface area contributed by atoms with Crippen molar-refractivity contribution >= 4 is 5.97 Å². The van der Waals surface area contributed by atoms with Crippen LogP contribution in [0.3, 0.4) is 0 Å². The number of hydrogen-bond donors (Lipinski definition) is 1. The summed E-state index contributed by atoms with van der Waals surface area (Å²) in [6.45, 7) is 5.27. The maximum Gasteiger partial charge on any atom is 0.373 e. The van der Waals surface area contributed by atoms with E-state index in [0.717, 1.165) is 19.4 Å². The minimum absolute atomic E-state index is 0.0781. The molecule has 0 amide bonds. The summed E-state index contributed by atoms with van der Waals surface area (Å²) in [6, 6.07) is 0.556. The van der Waals surface area contributed by atoms with Crippen molar-refractivity contribution in [2.45, 2.75) is 38.8 Å². The van der Waals surface area contributed by atoms with Gasteiger partial charge in [0.1, 0.15) is 0 Å². The maximum absolute atomic E-state index is 10.7. The van der Waals surface area contributed by atoms with E-state index in [0.29, 0.717) is 11.9 Å². The fourth-order valence-corrected chi connectivity index (χ4v) is 2.21. The predicted octanol–water partition coefficient (Wildman–Crippen LogP) is 1.92. The van der Waals surface area contributed by atoms with Gasteiger partial charge >= 0.3 is 5.97 Å². The third kappa shape index (κ3) is 1.95. The molecule has 2 heterocycles. The molecule has 0 aromatic carbocycles. The van der Waals surface area contributed by atoms with Crippen LogP contribution in [0.2, 0.25) is 0 Å². The molecule has 0 bridgehead atoms. The van der Waals surface area contributed by atoms with Crippen molar-refractivity contribution in [1.82, 2.24) is 9.88 Å². The monoisotopic (exact) mass is 224 g/mol. The lowest BCUT2D eigenvalue weighted by Gasteiger charge is -2.25. The quantitative estimate of drug-likeness (QED) is 0.849. The van der Waals surface area contributed by atoms with Crippen LogP contribution in [-0.4, -0.2) is 33.5 Å². The number of nitrogens with zero attached hydrogens (tertiary/aromatic N) is 2. The van der Waals surface area contributed by atoms with Gasteiger partial charge in [-0.15, -0.1) is 0 Å². The Morgan fingerprint density at radius 1 is 1.69 bits per heavy atom. The Hall–Kier alpha value is -1.36. The average Bonchev–Trinajstić information content (AvgIpc) is 2.86. The Balaban J connectivity index is 2.19. The molecule has 0 aliphatic carbocycles. The second-order valence-electron chi connectivity index (χ2n) is 4.36. The highest BCUT2D eigenvalue weighted by atomic mass is 16.4. The third-order valence-electron chi connectivity index (χ3n) is 2.98. The van der Waals surface area contributed by atoms with E-state index in [1.165, 1.54) is 6.20 Å². The standard InChI is InChI=1S/C11H16N2O3/c1-7(2)13-5-3-4-8(13)10-12-6-9(16-10)11(14)15/h6-8H,3-5H2,1-2H3,(H,14,15). The summed E-state index contributed by atoms with van der Waals surface area (Å²) in [7, 11) is 0. The lowest BCUT2D eigenvalue weighted by molar-refractivity contribution is 0.0655. The zero-order valence-electron chi connectivity index (χ0n) is 9.51. The number of oxazole rings is 1. The third-order valence-corrected chi connectivity index (χ3v) is 2.98. The van der Waals surface area contributed by atoms with Gasteiger partial charge in [0.15, 0.2) is 0 Å². The summed E-state index contributed by atoms with van der Waals surface area (Å²) >= 11 is 0. The molecule has 1 unspecified atom stereocenters. The van der Waals surface area contributed by atoms with E-state index in [9.17, 15) is 4.79 Å². The lowest BCUT2D eigenvalue weighted by atomic mass is 10.2. The second-order valence-corrected chi connectivity index (χ2v) is 4.36. The van der Waals surface area contributed by atoms with Crippen LogP contribution in [0.5, 0.6) is 0 Å². The summed E-state index contributed by atoms with van der Waals surface area (Å²) in [5.74, 6) is -0.609. The van der Waals surface area contributed by atoms with E-state index >= 15 is 0 Å². The number of carbonyl (C=O) groups is 1. The van der Waals surface area contributed by atoms with Gasteiger partial charge in [0.2, 0.25) is 11.7 Å². The molecule has 1 saturated heterocycles. The molecule has 1 aliphatic heterocycles. The molecule has 1 aromatic rings. The van der Waals surface area contributed by atoms with Gasteiger partial charge in [-0.1, -0.05) is 0 Å². The van der Waals surface area contributed by atoms with Crippen molar-refractivity contribution in [3.63, 3.8) is 0 Å². The Morgan fingerprint density at radius 3 is 3.00 bits per heavy atom. The smallest absolute Gasteiger partial charge is 0.373 e. The zero-order chi connectivity index (χ0) is 11.7. The molecule has 0 saturated carbocycles. The van der Waals surface area contributed by atoms with Crippen molar-refractivity contribution in [1.29, 1.82) is 0 Å². The molecule has 1 atom stereocenters. The van der Waals surface area contributed by atoms with Gasteiger partial charge in [0.25, 0.3) is 0 Å². The molecule has 0 spiro atoms. The van der Waals surface area contributed by atoms with E-state index < -0.39 is 5.97 Å². The normalized spacial score (nSPS) is 21.8. The highest BCUT2D eigenvalue weighted by Gasteiger charge is 2.31. The fraction of sp³-hybridized carbons (Fsp3) is 0.636. The SMILES string of the molecule is CC(C)N1CCCC1c1ncc(C(=O)O)o1. The summed E-state index contributed by atoms with van der Waals surface area (Å²) in [5, 5.41) is 8.77. The van der Waals surface area contributed by atoms with Crippen molar-refractivity contribution in [3.8, 4) is 0 Å². The summed E-state index contributed by atoms with van der Waals surface area (Å²) in [4.78, 5) is 17.0. The Kier molecular flexibility index (Phi) is 2.96. The first-order valence-electron chi connectivity index (χ1n) is 5.54. The van der Waals surface area contributed by atoms with E-state index in [1.807, 2.05) is 0 Å². The van der Waals surface area contributed by atoms with Crippen LogP contribution in [0.4, 0.5) is 0 Å². The van der Waals surface area contributed by atoms with Crippen molar-refractivity contribution in [2.24, 2.45) is 0 Å². The number of carboxylic acids is 1. The number of likely N-dealkylation sites (tertiary alicyclic amines) is 1. The molecule has 1 fully saturated rings. The zero-order valence-corrected chi connectivity index (χ0v) is 9.51. The van der Waals surface area contributed by atoms with Gasteiger partial charge in [0, 0.05) is 6.04 Å². The minimum atomic E-state index is -1.06. The van der Waals surface area contributed by atoms with Crippen LogP contribution in [0.1, 0.15) is 49.2 Å². The highest BCUT2D eigenvalue weighted by molar-refractivity contribution is 5.83. The summed E-state index contributed by atoms with van der Waals surface area (Å²) in [5.41, 5.74) is 0. The Bertz CT molecular complexity index is 386. The van der Waals surface area contributed by atoms with E-state index in [2.05, 4.69) is 23.7 Å². The van der Waals surface area contributed by atoms with E-state index in [-0.39, 0.29) is 11.8 Å². The predicted molar refractivity (Wildman–Crippen MR) is 57.3 cm³/mol. The van der Waals surface area contributed by atoms with Gasteiger partial charge < -0.3 is 9.52 Å². The number of hydrogen-bond acceptors (Lipinski definition) is 4. The van der Waals surface area contributed by atoms with E-state index in [4.69, 9.17) is 9.52 Å². The number of aromatic nitrogens is 1.